The van der Waals surface area contributed by atoms with Gasteiger partial charge in [0, 0.05) is 32.1 Å². The number of amides is 1. The summed E-state index contributed by atoms with van der Waals surface area (Å²) in [5.41, 5.74) is -1.73. The highest BCUT2D eigenvalue weighted by Gasteiger charge is 2.68. The predicted octanol–water partition coefficient (Wildman–Crippen LogP) is 3.10. The minimum absolute atomic E-state index is 0.0829. The highest BCUT2D eigenvalue weighted by molar-refractivity contribution is 5.77. The fraction of sp³-hybridized carbons (Fsp3) is 0.600. The van der Waals surface area contributed by atoms with E-state index in [4.69, 9.17) is 14.6 Å². The van der Waals surface area contributed by atoms with Crippen LogP contribution in [-0.2, 0) is 19.9 Å². The fourth-order valence-electron chi connectivity index (χ4n) is 3.87. The van der Waals surface area contributed by atoms with Crippen molar-refractivity contribution in [3.8, 4) is 0 Å². The Kier molecular flexibility index (Phi) is 7.22. The highest BCUT2D eigenvalue weighted by Crippen LogP contribution is 2.52. The Hall–Kier alpha value is -2.74. The molecule has 1 aromatic carbocycles. The van der Waals surface area contributed by atoms with Gasteiger partial charge in [0.05, 0.1) is 0 Å². The molecule has 0 aromatic heterocycles. The lowest BCUT2D eigenvalue weighted by molar-refractivity contribution is -0.192. The molecule has 34 heavy (non-hydrogen) atoms. The van der Waals surface area contributed by atoms with Crippen molar-refractivity contribution in [3.05, 3.63) is 35.9 Å². The van der Waals surface area contributed by atoms with E-state index in [1.807, 2.05) is 30.3 Å². The molecule has 4 rings (SSSR count). The maximum Gasteiger partial charge on any atom is 0.490 e. The first-order chi connectivity index (χ1) is 15.8. The van der Waals surface area contributed by atoms with Crippen molar-refractivity contribution in [3.63, 3.8) is 0 Å². The van der Waals surface area contributed by atoms with Crippen molar-refractivity contribution < 1.29 is 45.8 Å². The molecule has 3 aliphatic rings. The number of likely N-dealkylation sites (tertiary alicyclic amines) is 1. The minimum atomic E-state index is -5.08. The zero-order valence-corrected chi connectivity index (χ0v) is 17.7. The quantitative estimate of drug-likeness (QED) is 0.610. The monoisotopic (exact) mass is 496 g/mol. The molecule has 0 saturated carbocycles. The van der Waals surface area contributed by atoms with E-state index in [1.54, 1.807) is 4.90 Å². The summed E-state index contributed by atoms with van der Waals surface area (Å²) < 4.78 is 77.0. The molecule has 0 unspecified atom stereocenters. The molecule has 0 bridgehead atoms. The third kappa shape index (κ3) is 5.49. The molecule has 8 nitrogen and oxygen atoms in total. The zero-order valence-electron chi connectivity index (χ0n) is 17.7. The normalized spacial score (nSPS) is 21.2. The largest absolute Gasteiger partial charge is 0.490 e. The van der Waals surface area contributed by atoms with Gasteiger partial charge in [0.2, 0.25) is 5.91 Å². The number of halogens is 6. The molecule has 1 aromatic rings. The van der Waals surface area contributed by atoms with Crippen LogP contribution in [-0.4, -0.2) is 72.7 Å². The Morgan fingerprint density at radius 1 is 1.06 bits per heavy atom. The number of hydrogen-bond donors (Lipinski definition) is 2. The molecular formula is C20H22F6N4O4. The molecule has 0 spiro atoms. The van der Waals surface area contributed by atoms with Gasteiger partial charge in [-0.2, -0.15) is 26.3 Å². The maximum absolute atomic E-state index is 13.1. The number of hydrogen-bond acceptors (Lipinski definition) is 6. The Morgan fingerprint density at radius 3 is 1.97 bits per heavy atom. The van der Waals surface area contributed by atoms with Crippen LogP contribution in [0.3, 0.4) is 0 Å². The third-order valence-electron chi connectivity index (χ3n) is 5.99. The van der Waals surface area contributed by atoms with Crippen molar-refractivity contribution in [2.45, 2.75) is 36.5 Å². The van der Waals surface area contributed by atoms with Crippen LogP contribution in [0.5, 0.6) is 0 Å². The Balaban J connectivity index is 0.000000406. The number of carbonyl (C=O) groups is 2. The van der Waals surface area contributed by atoms with Gasteiger partial charge in [-0.15, -0.1) is 10.2 Å². The summed E-state index contributed by atoms with van der Waals surface area (Å²) in [6, 6.07) is 9.71. The molecule has 2 saturated heterocycles. The van der Waals surface area contributed by atoms with Crippen molar-refractivity contribution in [1.29, 1.82) is 0 Å². The lowest BCUT2D eigenvalue weighted by atomic mass is 9.86. The smallest absolute Gasteiger partial charge is 0.475 e. The Morgan fingerprint density at radius 2 is 1.59 bits per heavy atom. The van der Waals surface area contributed by atoms with Gasteiger partial charge < -0.3 is 20.1 Å². The Bertz CT molecular complexity index is 904. The summed E-state index contributed by atoms with van der Waals surface area (Å²) in [5, 5.41) is 16.9. The van der Waals surface area contributed by atoms with Crippen molar-refractivity contribution >= 4 is 11.9 Å². The first-order valence-corrected chi connectivity index (χ1v) is 10.3. The SMILES string of the molecule is O=C(COC1(c2ccccc2)CNC1)N1CCC(C2(C(F)(F)F)N=N2)CC1.O=C(O)C(F)(F)F. The van der Waals surface area contributed by atoms with E-state index in [9.17, 15) is 31.1 Å². The lowest BCUT2D eigenvalue weighted by Gasteiger charge is -2.43. The second kappa shape index (κ2) is 9.49. The minimum Gasteiger partial charge on any atom is -0.475 e. The number of aliphatic carboxylic acids is 1. The average Bonchev–Trinajstić information content (AvgIpc) is 3.56. The van der Waals surface area contributed by atoms with Crippen LogP contribution in [0.4, 0.5) is 26.3 Å². The van der Waals surface area contributed by atoms with Gasteiger partial charge in [0.25, 0.3) is 5.66 Å². The summed E-state index contributed by atoms with van der Waals surface area (Å²) in [5.74, 6) is -3.64. The zero-order chi connectivity index (χ0) is 25.2. The van der Waals surface area contributed by atoms with Gasteiger partial charge in [-0.1, -0.05) is 30.3 Å². The van der Waals surface area contributed by atoms with Gasteiger partial charge in [0.15, 0.2) is 0 Å². The van der Waals surface area contributed by atoms with Crippen LogP contribution < -0.4 is 5.32 Å². The number of benzene rings is 1. The number of alkyl halides is 6. The summed E-state index contributed by atoms with van der Waals surface area (Å²) in [7, 11) is 0. The molecule has 3 heterocycles. The molecule has 188 valence electrons. The van der Waals surface area contributed by atoms with Crippen molar-refractivity contribution in [2.75, 3.05) is 32.8 Å². The molecule has 0 atom stereocenters. The molecule has 2 N–H and O–H groups in total. The summed E-state index contributed by atoms with van der Waals surface area (Å²) >= 11 is 0. The molecule has 14 heteroatoms. The van der Waals surface area contributed by atoms with Crippen LogP contribution >= 0.6 is 0 Å². The van der Waals surface area contributed by atoms with Crippen LogP contribution in [0, 0.1) is 5.92 Å². The first kappa shape index (κ1) is 25.9. The number of rotatable bonds is 5. The van der Waals surface area contributed by atoms with E-state index in [2.05, 4.69) is 15.5 Å². The van der Waals surface area contributed by atoms with Crippen LogP contribution in [0.2, 0.25) is 0 Å². The van der Waals surface area contributed by atoms with Crippen molar-refractivity contribution in [1.82, 2.24) is 10.2 Å². The molecule has 3 aliphatic heterocycles. The topological polar surface area (TPSA) is 104 Å². The molecule has 1 amide bonds. The molecule has 0 aliphatic carbocycles. The number of nitrogens with zero attached hydrogens (tertiary/aromatic N) is 3. The second-order valence-electron chi connectivity index (χ2n) is 8.13. The number of carboxylic acids is 1. The van der Waals surface area contributed by atoms with Gasteiger partial charge in [0.1, 0.15) is 12.2 Å². The fourth-order valence-corrected chi connectivity index (χ4v) is 3.87. The van der Waals surface area contributed by atoms with Crippen LogP contribution in [0.15, 0.2) is 40.6 Å². The highest BCUT2D eigenvalue weighted by atomic mass is 19.4. The molecular weight excluding hydrogens is 474 g/mol. The van der Waals surface area contributed by atoms with Crippen molar-refractivity contribution in [2.24, 2.45) is 16.1 Å². The first-order valence-electron chi connectivity index (χ1n) is 10.3. The van der Waals surface area contributed by atoms with Gasteiger partial charge in [-0.25, -0.2) is 4.79 Å². The molecule has 2 fully saturated rings. The second-order valence-corrected chi connectivity index (χ2v) is 8.13. The molecule has 0 radical (unpaired) electrons. The average molecular weight is 496 g/mol. The predicted molar refractivity (Wildman–Crippen MR) is 104 cm³/mol. The standard InChI is InChI=1S/C18H21F3N4O2.C2HF3O2/c19-18(20,21)17(23-24-17)14-6-8-25(9-7-14)15(26)10-27-16(11-22-12-16)13-4-2-1-3-5-13;3-2(4,5)1(6)7/h1-5,14,22H,6-12H2;(H,6,7). The van der Waals surface area contributed by atoms with Gasteiger partial charge in [-0.05, 0) is 18.4 Å². The number of ether oxygens (including phenoxy) is 1. The summed E-state index contributed by atoms with van der Waals surface area (Å²) in [4.78, 5) is 23.0. The van der Waals surface area contributed by atoms with E-state index < -0.39 is 35.5 Å². The van der Waals surface area contributed by atoms with Crippen LogP contribution in [0.1, 0.15) is 18.4 Å². The van der Waals surface area contributed by atoms with Gasteiger partial charge in [-0.3, -0.25) is 4.79 Å². The van der Waals surface area contributed by atoms with Gasteiger partial charge >= 0.3 is 18.3 Å². The van der Waals surface area contributed by atoms with E-state index >= 15 is 0 Å². The number of piperidine rings is 1. The Labute approximate surface area is 190 Å². The number of carboxylic acid groups (broad SMARTS) is 1. The van der Waals surface area contributed by atoms with E-state index in [0.29, 0.717) is 13.1 Å². The maximum atomic E-state index is 13.1. The lowest BCUT2D eigenvalue weighted by Crippen LogP contribution is -2.59. The third-order valence-corrected chi connectivity index (χ3v) is 5.99. The summed E-state index contributed by atoms with van der Waals surface area (Å²) in [6.07, 6.45) is -9.06. The summed E-state index contributed by atoms with van der Waals surface area (Å²) in [6.45, 7) is 1.71. The van der Waals surface area contributed by atoms with Crippen LogP contribution in [0.25, 0.3) is 0 Å². The van der Waals surface area contributed by atoms with E-state index in [-0.39, 0.29) is 38.4 Å². The van der Waals surface area contributed by atoms with E-state index in [1.165, 1.54) is 0 Å². The number of carbonyl (C=O) groups excluding carboxylic acids is 1. The number of nitrogens with one attached hydrogen (secondary N) is 1. The van der Waals surface area contributed by atoms with E-state index in [0.717, 1.165) is 5.56 Å².